The normalized spacial score (nSPS) is 10.0. The van der Waals surface area contributed by atoms with Crippen LogP contribution in [0.4, 0.5) is 5.69 Å². The molecule has 3 aromatic rings. The summed E-state index contributed by atoms with van der Waals surface area (Å²) >= 11 is 0. The van der Waals surface area contributed by atoms with Crippen LogP contribution in [0.5, 0.6) is 0 Å². The SMILES string of the molecule is Nc1ccc2ccccc2c1-c1ncccn1.O. The molecule has 4 heteroatoms. The molecule has 2 aromatic carbocycles. The Morgan fingerprint density at radius 1 is 0.833 bits per heavy atom. The van der Waals surface area contributed by atoms with Crippen molar-refractivity contribution in [3.05, 3.63) is 54.9 Å². The third kappa shape index (κ3) is 1.89. The van der Waals surface area contributed by atoms with Crippen LogP contribution in [0.2, 0.25) is 0 Å². The van der Waals surface area contributed by atoms with Crippen molar-refractivity contribution in [2.45, 2.75) is 0 Å². The van der Waals surface area contributed by atoms with Gasteiger partial charge in [0, 0.05) is 23.6 Å². The van der Waals surface area contributed by atoms with Crippen LogP contribution in [-0.2, 0) is 0 Å². The summed E-state index contributed by atoms with van der Waals surface area (Å²) in [7, 11) is 0. The maximum atomic E-state index is 6.04. The van der Waals surface area contributed by atoms with Crippen LogP contribution in [0.1, 0.15) is 0 Å². The lowest BCUT2D eigenvalue weighted by atomic mass is 10.0. The molecule has 0 saturated carbocycles. The van der Waals surface area contributed by atoms with Crippen LogP contribution in [0.15, 0.2) is 54.9 Å². The van der Waals surface area contributed by atoms with E-state index < -0.39 is 0 Å². The quantitative estimate of drug-likeness (QED) is 0.659. The van der Waals surface area contributed by atoms with Gasteiger partial charge in [-0.1, -0.05) is 30.3 Å². The van der Waals surface area contributed by atoms with E-state index in [9.17, 15) is 0 Å². The first-order valence-electron chi connectivity index (χ1n) is 5.41. The fraction of sp³-hybridized carbons (Fsp3) is 0. The predicted octanol–water partition coefficient (Wildman–Crippen LogP) is 2.05. The summed E-state index contributed by atoms with van der Waals surface area (Å²) in [4.78, 5) is 8.54. The monoisotopic (exact) mass is 239 g/mol. The van der Waals surface area contributed by atoms with Gasteiger partial charge in [-0.05, 0) is 22.9 Å². The molecule has 4 N–H and O–H groups in total. The third-order valence-electron chi connectivity index (χ3n) is 2.75. The molecule has 3 rings (SSSR count). The second-order valence-electron chi connectivity index (χ2n) is 3.82. The van der Waals surface area contributed by atoms with Gasteiger partial charge in [-0.2, -0.15) is 0 Å². The Morgan fingerprint density at radius 3 is 2.33 bits per heavy atom. The van der Waals surface area contributed by atoms with E-state index in [2.05, 4.69) is 16.0 Å². The van der Waals surface area contributed by atoms with E-state index in [1.165, 1.54) is 0 Å². The Morgan fingerprint density at radius 2 is 1.56 bits per heavy atom. The van der Waals surface area contributed by atoms with Gasteiger partial charge in [-0.15, -0.1) is 0 Å². The number of rotatable bonds is 1. The fourth-order valence-electron chi connectivity index (χ4n) is 1.97. The van der Waals surface area contributed by atoms with Gasteiger partial charge in [0.2, 0.25) is 0 Å². The minimum absolute atomic E-state index is 0. The summed E-state index contributed by atoms with van der Waals surface area (Å²) in [5.41, 5.74) is 7.65. The maximum Gasteiger partial charge on any atom is 0.161 e. The molecule has 0 fully saturated rings. The van der Waals surface area contributed by atoms with E-state index in [0.717, 1.165) is 16.3 Å². The molecule has 0 bridgehead atoms. The van der Waals surface area contributed by atoms with Crippen LogP contribution in [0.3, 0.4) is 0 Å². The Hall–Kier alpha value is -2.46. The first kappa shape index (κ1) is 12.0. The molecule has 90 valence electrons. The lowest BCUT2D eigenvalue weighted by molar-refractivity contribution is 0.824. The van der Waals surface area contributed by atoms with E-state index in [1.807, 2.05) is 30.3 Å². The molecule has 18 heavy (non-hydrogen) atoms. The standard InChI is InChI=1S/C14H11N3.H2O/c15-12-7-6-10-4-1-2-5-11(10)13(12)14-16-8-3-9-17-14;/h1-9H,15H2;1H2. The van der Waals surface area contributed by atoms with Crippen LogP contribution in [-0.4, -0.2) is 15.4 Å². The topological polar surface area (TPSA) is 83.3 Å². The van der Waals surface area contributed by atoms with Gasteiger partial charge in [0.05, 0.1) is 0 Å². The highest BCUT2D eigenvalue weighted by Gasteiger charge is 2.09. The van der Waals surface area contributed by atoms with Crippen LogP contribution >= 0.6 is 0 Å². The van der Waals surface area contributed by atoms with E-state index in [4.69, 9.17) is 5.73 Å². The van der Waals surface area contributed by atoms with Gasteiger partial charge in [0.1, 0.15) is 0 Å². The molecule has 1 aromatic heterocycles. The highest BCUT2D eigenvalue weighted by Crippen LogP contribution is 2.31. The Balaban J connectivity index is 0.00000120. The second kappa shape index (κ2) is 4.81. The molecule has 0 atom stereocenters. The van der Waals surface area contributed by atoms with Crippen LogP contribution in [0, 0.1) is 0 Å². The van der Waals surface area contributed by atoms with Crippen molar-refractivity contribution in [3.8, 4) is 11.4 Å². The molecule has 0 amide bonds. The molecule has 0 radical (unpaired) electrons. The first-order chi connectivity index (χ1) is 8.36. The zero-order valence-electron chi connectivity index (χ0n) is 9.67. The number of nitrogens with zero attached hydrogens (tertiary/aromatic N) is 2. The van der Waals surface area contributed by atoms with Crippen LogP contribution < -0.4 is 5.73 Å². The number of nitrogens with two attached hydrogens (primary N) is 1. The number of hydrogen-bond acceptors (Lipinski definition) is 3. The van der Waals surface area contributed by atoms with Crippen molar-refractivity contribution in [1.29, 1.82) is 0 Å². The average molecular weight is 239 g/mol. The van der Waals surface area contributed by atoms with Gasteiger partial charge in [-0.25, -0.2) is 9.97 Å². The molecule has 0 spiro atoms. The number of benzene rings is 2. The molecular formula is C14H13N3O. The first-order valence-corrected chi connectivity index (χ1v) is 5.41. The highest BCUT2D eigenvalue weighted by atomic mass is 16.0. The summed E-state index contributed by atoms with van der Waals surface area (Å²) in [6.07, 6.45) is 3.45. The third-order valence-corrected chi connectivity index (χ3v) is 2.75. The summed E-state index contributed by atoms with van der Waals surface area (Å²) in [5.74, 6) is 0.668. The molecular weight excluding hydrogens is 226 g/mol. The van der Waals surface area contributed by atoms with Gasteiger partial charge in [0.25, 0.3) is 0 Å². The predicted molar refractivity (Wildman–Crippen MR) is 73.0 cm³/mol. The Kier molecular flexibility index (Phi) is 3.21. The smallest absolute Gasteiger partial charge is 0.161 e. The van der Waals surface area contributed by atoms with E-state index >= 15 is 0 Å². The lowest BCUT2D eigenvalue weighted by Crippen LogP contribution is -1.95. The zero-order valence-corrected chi connectivity index (χ0v) is 9.67. The molecule has 0 aliphatic heterocycles. The lowest BCUT2D eigenvalue weighted by Gasteiger charge is -2.08. The van der Waals surface area contributed by atoms with Crippen molar-refractivity contribution >= 4 is 16.5 Å². The van der Waals surface area contributed by atoms with E-state index in [1.54, 1.807) is 18.5 Å². The fourth-order valence-corrected chi connectivity index (χ4v) is 1.97. The van der Waals surface area contributed by atoms with Crippen molar-refractivity contribution in [2.24, 2.45) is 0 Å². The van der Waals surface area contributed by atoms with Crippen LogP contribution in [0.25, 0.3) is 22.2 Å². The highest BCUT2D eigenvalue weighted by molar-refractivity contribution is 6.00. The molecule has 4 nitrogen and oxygen atoms in total. The molecule has 0 aliphatic rings. The summed E-state index contributed by atoms with van der Waals surface area (Å²) in [6.45, 7) is 0. The zero-order chi connectivity index (χ0) is 11.7. The summed E-state index contributed by atoms with van der Waals surface area (Å²) < 4.78 is 0. The number of hydrogen-bond donors (Lipinski definition) is 1. The molecule has 0 saturated heterocycles. The van der Waals surface area contributed by atoms with Gasteiger partial charge < -0.3 is 11.2 Å². The number of aromatic nitrogens is 2. The van der Waals surface area contributed by atoms with Gasteiger partial charge >= 0.3 is 0 Å². The average Bonchev–Trinajstić information content (AvgIpc) is 2.39. The minimum Gasteiger partial charge on any atom is -0.412 e. The van der Waals surface area contributed by atoms with Gasteiger partial charge in [-0.3, -0.25) is 0 Å². The van der Waals surface area contributed by atoms with Crippen molar-refractivity contribution in [3.63, 3.8) is 0 Å². The van der Waals surface area contributed by atoms with Crippen molar-refractivity contribution in [1.82, 2.24) is 9.97 Å². The maximum absolute atomic E-state index is 6.04. The summed E-state index contributed by atoms with van der Waals surface area (Å²) in [6, 6.07) is 13.8. The van der Waals surface area contributed by atoms with Gasteiger partial charge in [0.15, 0.2) is 5.82 Å². The van der Waals surface area contributed by atoms with Crippen molar-refractivity contribution < 1.29 is 5.48 Å². The Labute approximate surface area is 104 Å². The number of anilines is 1. The summed E-state index contributed by atoms with van der Waals surface area (Å²) in [5, 5.41) is 2.22. The van der Waals surface area contributed by atoms with E-state index in [-0.39, 0.29) is 5.48 Å². The second-order valence-corrected chi connectivity index (χ2v) is 3.82. The molecule has 1 heterocycles. The minimum atomic E-state index is 0. The number of fused-ring (bicyclic) bond motifs is 1. The molecule has 0 aliphatic carbocycles. The largest absolute Gasteiger partial charge is 0.412 e. The number of nitrogen functional groups attached to an aromatic ring is 1. The van der Waals surface area contributed by atoms with E-state index in [0.29, 0.717) is 11.5 Å². The molecule has 0 unspecified atom stereocenters. The Bertz CT molecular complexity index is 668. The van der Waals surface area contributed by atoms with Crippen molar-refractivity contribution in [2.75, 3.05) is 5.73 Å².